The Morgan fingerprint density at radius 1 is 1.00 bits per heavy atom. The number of carbonyl (C=O) groups is 3. The topological polar surface area (TPSA) is 75.3 Å². The molecule has 2 atom stereocenters. The number of urea groups is 1. The smallest absolute Gasteiger partial charge is 0.277 e. The van der Waals surface area contributed by atoms with Gasteiger partial charge in [-0.05, 0) is 24.7 Å². The Bertz CT molecular complexity index is 344. The molecule has 2 fully saturated rings. The quantitative estimate of drug-likeness (QED) is 0.709. The Kier molecular flexibility index (Phi) is 2.93. The first-order valence-electron chi connectivity index (χ1n) is 6.24. The Labute approximate surface area is 100 Å². The molecular weight excluding hydrogens is 220 g/mol. The molecular formula is C12H18N2O3. The van der Waals surface area contributed by atoms with E-state index in [0.29, 0.717) is 0 Å². The molecule has 5 heteroatoms. The lowest BCUT2D eigenvalue weighted by atomic mass is 9.68. The number of hydrogen-bond acceptors (Lipinski definition) is 3. The van der Waals surface area contributed by atoms with Crippen LogP contribution in [-0.4, -0.2) is 17.8 Å². The van der Waals surface area contributed by atoms with Gasteiger partial charge < -0.3 is 0 Å². The molecule has 2 N–H and O–H groups in total. The van der Waals surface area contributed by atoms with Crippen LogP contribution < -0.4 is 10.6 Å². The van der Waals surface area contributed by atoms with Crippen molar-refractivity contribution in [3.63, 3.8) is 0 Å². The van der Waals surface area contributed by atoms with Gasteiger partial charge in [0.1, 0.15) is 5.41 Å². The van der Waals surface area contributed by atoms with Crippen molar-refractivity contribution in [3.05, 3.63) is 0 Å². The van der Waals surface area contributed by atoms with E-state index in [-0.39, 0.29) is 11.8 Å². The predicted octanol–water partition coefficient (Wildman–Crippen LogP) is 1.18. The second-order valence-electron chi connectivity index (χ2n) is 4.89. The van der Waals surface area contributed by atoms with E-state index in [1.54, 1.807) is 0 Å². The van der Waals surface area contributed by atoms with Gasteiger partial charge in [0.05, 0.1) is 0 Å². The molecule has 4 amide bonds. The van der Waals surface area contributed by atoms with Crippen molar-refractivity contribution >= 4 is 17.8 Å². The van der Waals surface area contributed by atoms with E-state index in [1.807, 2.05) is 13.8 Å². The van der Waals surface area contributed by atoms with Gasteiger partial charge >= 0.3 is 6.03 Å². The molecule has 0 aromatic heterocycles. The van der Waals surface area contributed by atoms with E-state index < -0.39 is 23.3 Å². The fourth-order valence-corrected chi connectivity index (χ4v) is 3.53. The third-order valence-corrected chi connectivity index (χ3v) is 4.34. The second-order valence-corrected chi connectivity index (χ2v) is 4.89. The minimum absolute atomic E-state index is 0.0422. The van der Waals surface area contributed by atoms with Crippen molar-refractivity contribution in [2.24, 2.45) is 17.3 Å². The SMILES string of the molecule is CCC1CCC(CC)C12C(=O)NC(=O)NC2=O. The highest BCUT2D eigenvalue weighted by Gasteiger charge is 2.61. The van der Waals surface area contributed by atoms with Gasteiger partial charge in [-0.2, -0.15) is 0 Å². The van der Waals surface area contributed by atoms with Crippen molar-refractivity contribution in [1.82, 2.24) is 10.6 Å². The average Bonchev–Trinajstić information content (AvgIpc) is 2.65. The predicted molar refractivity (Wildman–Crippen MR) is 60.9 cm³/mol. The maximum absolute atomic E-state index is 12.2. The molecule has 17 heavy (non-hydrogen) atoms. The van der Waals surface area contributed by atoms with Crippen LogP contribution in [0.5, 0.6) is 0 Å². The van der Waals surface area contributed by atoms with Gasteiger partial charge in [0.15, 0.2) is 0 Å². The first-order chi connectivity index (χ1) is 8.07. The van der Waals surface area contributed by atoms with E-state index in [2.05, 4.69) is 10.6 Å². The largest absolute Gasteiger partial charge is 0.328 e. The number of carbonyl (C=O) groups excluding carboxylic acids is 3. The van der Waals surface area contributed by atoms with E-state index in [9.17, 15) is 14.4 Å². The monoisotopic (exact) mass is 238 g/mol. The number of hydrogen-bond donors (Lipinski definition) is 2. The third-order valence-electron chi connectivity index (χ3n) is 4.34. The summed E-state index contributed by atoms with van der Waals surface area (Å²) in [5.41, 5.74) is -1.02. The summed E-state index contributed by atoms with van der Waals surface area (Å²) < 4.78 is 0. The molecule has 2 unspecified atom stereocenters. The first kappa shape index (κ1) is 12.1. The normalized spacial score (nSPS) is 31.5. The number of nitrogens with one attached hydrogen (secondary N) is 2. The van der Waals surface area contributed by atoms with Crippen LogP contribution in [0.15, 0.2) is 0 Å². The fourth-order valence-electron chi connectivity index (χ4n) is 3.53. The Hall–Kier alpha value is -1.39. The molecule has 1 aliphatic heterocycles. The van der Waals surface area contributed by atoms with Crippen molar-refractivity contribution < 1.29 is 14.4 Å². The molecule has 5 nitrogen and oxygen atoms in total. The molecule has 2 rings (SSSR count). The van der Waals surface area contributed by atoms with Gasteiger partial charge in [-0.3, -0.25) is 20.2 Å². The molecule has 1 heterocycles. The Balaban J connectivity index is 2.45. The van der Waals surface area contributed by atoms with E-state index in [4.69, 9.17) is 0 Å². The number of imide groups is 2. The lowest BCUT2D eigenvalue weighted by Gasteiger charge is -2.39. The van der Waals surface area contributed by atoms with Crippen molar-refractivity contribution in [2.75, 3.05) is 0 Å². The van der Waals surface area contributed by atoms with Crippen LogP contribution in [0, 0.1) is 17.3 Å². The van der Waals surface area contributed by atoms with Gasteiger partial charge in [0.25, 0.3) is 0 Å². The Morgan fingerprint density at radius 2 is 1.41 bits per heavy atom. The second kappa shape index (κ2) is 4.13. The van der Waals surface area contributed by atoms with Crippen LogP contribution >= 0.6 is 0 Å². The molecule has 2 aliphatic rings. The van der Waals surface area contributed by atoms with E-state index in [0.717, 1.165) is 25.7 Å². The molecule has 1 spiro atoms. The highest BCUT2D eigenvalue weighted by atomic mass is 16.2. The number of amides is 4. The van der Waals surface area contributed by atoms with Crippen molar-refractivity contribution in [3.8, 4) is 0 Å². The summed E-state index contributed by atoms with van der Waals surface area (Å²) in [5.74, 6) is -0.717. The van der Waals surface area contributed by atoms with Crippen molar-refractivity contribution in [1.29, 1.82) is 0 Å². The summed E-state index contributed by atoms with van der Waals surface area (Å²) >= 11 is 0. The molecule has 0 aromatic rings. The van der Waals surface area contributed by atoms with Gasteiger partial charge in [0, 0.05) is 0 Å². The zero-order valence-electron chi connectivity index (χ0n) is 10.2. The van der Waals surface area contributed by atoms with Gasteiger partial charge in [-0.25, -0.2) is 4.79 Å². The number of barbiturate groups is 1. The lowest BCUT2D eigenvalue weighted by Crippen LogP contribution is -2.65. The Morgan fingerprint density at radius 3 is 1.76 bits per heavy atom. The van der Waals surface area contributed by atoms with Gasteiger partial charge in [0.2, 0.25) is 11.8 Å². The van der Waals surface area contributed by atoms with Crippen LogP contribution in [0.4, 0.5) is 4.79 Å². The maximum atomic E-state index is 12.2. The molecule has 0 radical (unpaired) electrons. The molecule has 0 aromatic carbocycles. The summed E-state index contributed by atoms with van der Waals surface area (Å²) in [5, 5.41) is 4.52. The summed E-state index contributed by atoms with van der Waals surface area (Å²) in [6.45, 7) is 3.98. The van der Waals surface area contributed by atoms with Crippen LogP contribution in [-0.2, 0) is 9.59 Å². The van der Waals surface area contributed by atoms with Gasteiger partial charge in [-0.1, -0.05) is 26.7 Å². The maximum Gasteiger partial charge on any atom is 0.328 e. The highest BCUT2D eigenvalue weighted by molar-refractivity contribution is 6.19. The zero-order chi connectivity index (χ0) is 12.6. The molecule has 0 bridgehead atoms. The zero-order valence-corrected chi connectivity index (χ0v) is 10.2. The highest BCUT2D eigenvalue weighted by Crippen LogP contribution is 2.51. The third kappa shape index (κ3) is 1.48. The average molecular weight is 238 g/mol. The minimum atomic E-state index is -1.02. The first-order valence-corrected chi connectivity index (χ1v) is 6.24. The summed E-state index contributed by atoms with van der Waals surface area (Å²) in [7, 11) is 0. The van der Waals surface area contributed by atoms with Crippen LogP contribution in [0.1, 0.15) is 39.5 Å². The van der Waals surface area contributed by atoms with Crippen molar-refractivity contribution in [2.45, 2.75) is 39.5 Å². The van der Waals surface area contributed by atoms with Crippen LogP contribution in [0.25, 0.3) is 0 Å². The summed E-state index contributed by atoms with van der Waals surface area (Å²) in [6.07, 6.45) is 3.32. The lowest BCUT2D eigenvalue weighted by molar-refractivity contribution is -0.150. The molecule has 1 saturated heterocycles. The fraction of sp³-hybridized carbons (Fsp3) is 0.750. The standard InChI is InChI=1S/C12H18N2O3/c1-3-7-5-6-8(4-2)12(7)9(15)13-11(17)14-10(12)16/h7-8H,3-6H2,1-2H3,(H2,13,14,15,16,17). The van der Waals surface area contributed by atoms with Gasteiger partial charge in [-0.15, -0.1) is 0 Å². The molecule has 94 valence electrons. The minimum Gasteiger partial charge on any atom is -0.277 e. The van der Waals surface area contributed by atoms with Crippen LogP contribution in [0.2, 0.25) is 0 Å². The molecule has 1 aliphatic carbocycles. The summed E-state index contributed by atoms with van der Waals surface area (Å²) in [4.78, 5) is 35.5. The summed E-state index contributed by atoms with van der Waals surface area (Å²) in [6, 6.07) is -0.692. The van der Waals surface area contributed by atoms with Crippen LogP contribution in [0.3, 0.4) is 0 Å². The van der Waals surface area contributed by atoms with E-state index >= 15 is 0 Å². The van der Waals surface area contributed by atoms with E-state index in [1.165, 1.54) is 0 Å². The molecule has 1 saturated carbocycles. The number of rotatable bonds is 2.